The van der Waals surface area contributed by atoms with Crippen molar-refractivity contribution in [2.75, 3.05) is 6.54 Å². The lowest BCUT2D eigenvalue weighted by Gasteiger charge is -2.20. The van der Waals surface area contributed by atoms with Gasteiger partial charge in [0.1, 0.15) is 11.9 Å². The predicted octanol–water partition coefficient (Wildman–Crippen LogP) is 2.51. The number of ether oxygens (including phenoxy) is 1. The number of hydrogen-bond acceptors (Lipinski definition) is 4. The van der Waals surface area contributed by atoms with Gasteiger partial charge in [-0.25, -0.2) is 4.98 Å². The second-order valence-corrected chi connectivity index (χ2v) is 5.91. The Bertz CT molecular complexity index is 623. The van der Waals surface area contributed by atoms with Crippen LogP contribution in [0.15, 0.2) is 17.6 Å². The largest absolute Gasteiger partial charge is 0.489 e. The van der Waals surface area contributed by atoms with Crippen LogP contribution >= 0.6 is 11.3 Å². The number of benzene rings is 1. The molecule has 1 amide bonds. The first-order valence-corrected chi connectivity index (χ1v) is 7.28. The molecule has 19 heavy (non-hydrogen) atoms. The fourth-order valence-corrected chi connectivity index (χ4v) is 3.14. The van der Waals surface area contributed by atoms with Gasteiger partial charge in [0.05, 0.1) is 15.7 Å². The number of carbonyl (C=O) groups is 1. The minimum Gasteiger partial charge on any atom is -0.489 e. The SMILES string of the molecule is Cc1cc(O[C@H](C)[C@H]2CNC(=O)C2)c2scnc2c1. The van der Waals surface area contributed by atoms with Crippen molar-refractivity contribution in [2.45, 2.75) is 26.4 Å². The number of nitrogens with zero attached hydrogens (tertiary/aromatic N) is 1. The summed E-state index contributed by atoms with van der Waals surface area (Å²) in [5.74, 6) is 1.24. The number of carbonyl (C=O) groups excluding carboxylic acids is 1. The summed E-state index contributed by atoms with van der Waals surface area (Å²) in [5.41, 5.74) is 3.96. The molecule has 0 bridgehead atoms. The summed E-state index contributed by atoms with van der Waals surface area (Å²) in [5, 5.41) is 2.85. The molecule has 1 fully saturated rings. The van der Waals surface area contributed by atoms with E-state index in [9.17, 15) is 4.79 Å². The van der Waals surface area contributed by atoms with E-state index in [1.54, 1.807) is 11.3 Å². The van der Waals surface area contributed by atoms with E-state index in [0.717, 1.165) is 21.5 Å². The minimum atomic E-state index is 0.0195. The van der Waals surface area contributed by atoms with Crippen molar-refractivity contribution in [3.05, 3.63) is 23.2 Å². The monoisotopic (exact) mass is 276 g/mol. The van der Waals surface area contributed by atoms with Gasteiger partial charge >= 0.3 is 0 Å². The van der Waals surface area contributed by atoms with E-state index in [0.29, 0.717) is 13.0 Å². The van der Waals surface area contributed by atoms with Gasteiger partial charge in [-0.2, -0.15) is 0 Å². The van der Waals surface area contributed by atoms with E-state index in [1.807, 2.05) is 25.4 Å². The highest BCUT2D eigenvalue weighted by Gasteiger charge is 2.28. The Labute approximate surface area is 115 Å². The predicted molar refractivity (Wildman–Crippen MR) is 75.6 cm³/mol. The molecule has 0 spiro atoms. The average Bonchev–Trinajstić information content (AvgIpc) is 2.97. The summed E-state index contributed by atoms with van der Waals surface area (Å²) in [6.07, 6.45) is 0.574. The minimum absolute atomic E-state index is 0.0195. The molecule has 1 aliphatic rings. The smallest absolute Gasteiger partial charge is 0.220 e. The molecule has 100 valence electrons. The third kappa shape index (κ3) is 2.42. The van der Waals surface area contributed by atoms with Gasteiger partial charge in [0.25, 0.3) is 0 Å². The van der Waals surface area contributed by atoms with E-state index < -0.39 is 0 Å². The first-order valence-electron chi connectivity index (χ1n) is 6.40. The summed E-state index contributed by atoms with van der Waals surface area (Å²) in [6, 6.07) is 4.10. The van der Waals surface area contributed by atoms with E-state index in [1.165, 1.54) is 0 Å². The van der Waals surface area contributed by atoms with Gasteiger partial charge in [-0.1, -0.05) is 0 Å². The van der Waals surface area contributed by atoms with E-state index in [-0.39, 0.29) is 17.9 Å². The molecule has 5 heteroatoms. The summed E-state index contributed by atoms with van der Waals surface area (Å²) >= 11 is 1.59. The van der Waals surface area contributed by atoms with Crippen LogP contribution in [0.1, 0.15) is 18.9 Å². The number of nitrogens with one attached hydrogen (secondary N) is 1. The molecule has 0 radical (unpaired) electrons. The van der Waals surface area contributed by atoms with Crippen LogP contribution in [0.5, 0.6) is 5.75 Å². The third-order valence-corrected chi connectivity index (χ3v) is 4.38. The molecule has 2 heterocycles. The number of rotatable bonds is 3. The summed E-state index contributed by atoms with van der Waals surface area (Å²) in [4.78, 5) is 15.6. The Hall–Kier alpha value is -1.62. The Kier molecular flexibility index (Phi) is 3.14. The van der Waals surface area contributed by atoms with Crippen molar-refractivity contribution in [2.24, 2.45) is 5.92 Å². The topological polar surface area (TPSA) is 51.2 Å². The van der Waals surface area contributed by atoms with E-state index in [2.05, 4.69) is 16.4 Å². The molecule has 4 nitrogen and oxygen atoms in total. The molecule has 1 aromatic heterocycles. The number of aromatic nitrogens is 1. The maximum Gasteiger partial charge on any atom is 0.220 e. The zero-order chi connectivity index (χ0) is 13.4. The van der Waals surface area contributed by atoms with E-state index in [4.69, 9.17) is 4.74 Å². The fourth-order valence-electron chi connectivity index (χ4n) is 2.41. The fraction of sp³-hybridized carbons (Fsp3) is 0.429. The van der Waals surface area contributed by atoms with Gasteiger partial charge < -0.3 is 10.1 Å². The molecule has 0 aliphatic carbocycles. The maximum atomic E-state index is 11.3. The van der Waals surface area contributed by atoms with Gasteiger partial charge in [0.15, 0.2) is 0 Å². The highest BCUT2D eigenvalue weighted by atomic mass is 32.1. The number of aryl methyl sites for hydroxylation is 1. The zero-order valence-electron chi connectivity index (χ0n) is 11.0. The second kappa shape index (κ2) is 4.81. The van der Waals surface area contributed by atoms with Gasteiger partial charge in [-0.05, 0) is 31.5 Å². The Morgan fingerprint density at radius 3 is 3.11 bits per heavy atom. The zero-order valence-corrected chi connectivity index (χ0v) is 11.8. The van der Waals surface area contributed by atoms with Gasteiger partial charge in [0, 0.05) is 18.9 Å². The van der Waals surface area contributed by atoms with Gasteiger partial charge in [0.2, 0.25) is 5.91 Å². The quantitative estimate of drug-likeness (QED) is 0.937. The molecule has 3 rings (SSSR count). The number of hydrogen-bond donors (Lipinski definition) is 1. The molecule has 0 unspecified atom stereocenters. The molecule has 1 aromatic carbocycles. The van der Waals surface area contributed by atoms with Crippen molar-refractivity contribution in [1.29, 1.82) is 0 Å². The summed E-state index contributed by atoms with van der Waals surface area (Å²) in [7, 11) is 0. The van der Waals surface area contributed by atoms with Crippen molar-refractivity contribution >= 4 is 27.5 Å². The van der Waals surface area contributed by atoms with Crippen LogP contribution in [0.3, 0.4) is 0 Å². The number of thiazole rings is 1. The average molecular weight is 276 g/mol. The standard InChI is InChI=1S/C14H16N2O2S/c1-8-3-11-14(19-7-16-11)12(4-8)18-9(2)10-5-13(17)15-6-10/h3-4,7,9-10H,5-6H2,1-2H3,(H,15,17)/t9-,10-/m1/s1. The van der Waals surface area contributed by atoms with Crippen molar-refractivity contribution in [3.63, 3.8) is 0 Å². The lowest BCUT2D eigenvalue weighted by molar-refractivity contribution is -0.119. The Balaban J connectivity index is 1.84. The molecular weight excluding hydrogens is 260 g/mol. The normalized spacial score (nSPS) is 20.5. The molecule has 1 aliphatic heterocycles. The molecule has 0 saturated carbocycles. The van der Waals surface area contributed by atoms with Crippen LogP contribution < -0.4 is 10.1 Å². The van der Waals surface area contributed by atoms with Crippen LogP contribution in [0.2, 0.25) is 0 Å². The van der Waals surface area contributed by atoms with Crippen molar-refractivity contribution in [1.82, 2.24) is 10.3 Å². The summed E-state index contributed by atoms with van der Waals surface area (Å²) < 4.78 is 7.16. The lowest BCUT2D eigenvalue weighted by Crippen LogP contribution is -2.25. The van der Waals surface area contributed by atoms with Crippen molar-refractivity contribution < 1.29 is 9.53 Å². The number of fused-ring (bicyclic) bond motifs is 1. The Morgan fingerprint density at radius 1 is 1.53 bits per heavy atom. The lowest BCUT2D eigenvalue weighted by atomic mass is 10.0. The van der Waals surface area contributed by atoms with Crippen LogP contribution in [0.4, 0.5) is 0 Å². The second-order valence-electron chi connectivity index (χ2n) is 5.05. The van der Waals surface area contributed by atoms with Crippen LogP contribution in [0, 0.1) is 12.8 Å². The highest BCUT2D eigenvalue weighted by Crippen LogP contribution is 2.32. The van der Waals surface area contributed by atoms with Gasteiger partial charge in [-0.15, -0.1) is 11.3 Å². The van der Waals surface area contributed by atoms with Crippen LogP contribution in [-0.4, -0.2) is 23.5 Å². The molecule has 2 aromatic rings. The van der Waals surface area contributed by atoms with Gasteiger partial charge in [-0.3, -0.25) is 4.79 Å². The van der Waals surface area contributed by atoms with Crippen LogP contribution in [-0.2, 0) is 4.79 Å². The van der Waals surface area contributed by atoms with E-state index >= 15 is 0 Å². The molecule has 1 N–H and O–H groups in total. The first kappa shape index (κ1) is 12.4. The molecule has 1 saturated heterocycles. The van der Waals surface area contributed by atoms with Crippen molar-refractivity contribution in [3.8, 4) is 5.75 Å². The summed E-state index contributed by atoms with van der Waals surface area (Å²) in [6.45, 7) is 4.77. The Morgan fingerprint density at radius 2 is 2.37 bits per heavy atom. The molecular formula is C14H16N2O2S. The molecule has 2 atom stereocenters. The van der Waals surface area contributed by atoms with Crippen LogP contribution in [0.25, 0.3) is 10.2 Å². The first-order chi connectivity index (χ1) is 9.13. The third-order valence-electron chi connectivity index (χ3n) is 3.53. The highest BCUT2D eigenvalue weighted by molar-refractivity contribution is 7.17. The number of amides is 1. The maximum absolute atomic E-state index is 11.3.